The van der Waals surface area contributed by atoms with Crippen LogP contribution in [0.25, 0.3) is 0 Å². The highest BCUT2D eigenvalue weighted by molar-refractivity contribution is 7.14. The summed E-state index contributed by atoms with van der Waals surface area (Å²) in [4.78, 5) is 19.4. The number of likely N-dealkylation sites (N-methyl/N-ethyl adjacent to an activating group) is 1. The molecule has 0 bridgehead atoms. The van der Waals surface area contributed by atoms with E-state index in [0.29, 0.717) is 17.9 Å². The summed E-state index contributed by atoms with van der Waals surface area (Å²) in [6.07, 6.45) is 3.44. The van der Waals surface area contributed by atoms with Gasteiger partial charge in [0, 0.05) is 38.2 Å². The Morgan fingerprint density at radius 2 is 1.93 bits per heavy atom. The molecule has 0 aliphatic carbocycles. The van der Waals surface area contributed by atoms with Gasteiger partial charge in [-0.3, -0.25) is 4.79 Å². The summed E-state index contributed by atoms with van der Waals surface area (Å²) >= 11 is 1.56. The van der Waals surface area contributed by atoms with Crippen molar-refractivity contribution in [2.75, 3.05) is 40.3 Å². The summed E-state index contributed by atoms with van der Waals surface area (Å²) in [7, 11) is 3.94. The number of piperidine rings is 2. The molecule has 2 aromatic rings. The van der Waals surface area contributed by atoms with Gasteiger partial charge in [-0.1, -0.05) is 30.3 Å². The summed E-state index contributed by atoms with van der Waals surface area (Å²) in [6, 6.07) is 14.9. The van der Waals surface area contributed by atoms with Gasteiger partial charge in [0.1, 0.15) is 0 Å². The minimum Gasteiger partial charge on any atom is -0.379 e. The van der Waals surface area contributed by atoms with Gasteiger partial charge in [0.25, 0.3) is 5.91 Å². The van der Waals surface area contributed by atoms with Crippen molar-refractivity contribution in [2.45, 2.75) is 31.8 Å². The largest absolute Gasteiger partial charge is 0.379 e. The molecule has 1 aromatic carbocycles. The Morgan fingerprint density at radius 3 is 2.64 bits per heavy atom. The van der Waals surface area contributed by atoms with E-state index in [0.717, 1.165) is 48.8 Å². The molecule has 1 amide bonds. The third-order valence-corrected chi connectivity index (χ3v) is 7.40. The molecule has 2 fully saturated rings. The molecule has 1 aromatic heterocycles. The lowest BCUT2D eigenvalue weighted by Gasteiger charge is -2.49. The Morgan fingerprint density at radius 1 is 1.18 bits per heavy atom. The van der Waals surface area contributed by atoms with Crippen molar-refractivity contribution >= 4 is 17.2 Å². The number of hydrogen-bond donors (Lipinski definition) is 0. The fourth-order valence-corrected chi connectivity index (χ4v) is 5.98. The molecule has 150 valence electrons. The van der Waals surface area contributed by atoms with Crippen molar-refractivity contribution in [3.05, 3.63) is 57.8 Å². The molecule has 0 radical (unpaired) electrons. The zero-order valence-electron chi connectivity index (χ0n) is 16.9. The van der Waals surface area contributed by atoms with Gasteiger partial charge in [0.05, 0.1) is 11.5 Å². The Labute approximate surface area is 172 Å². The predicted molar refractivity (Wildman–Crippen MR) is 114 cm³/mol. The minimum absolute atomic E-state index is 0.186. The van der Waals surface area contributed by atoms with E-state index in [-0.39, 0.29) is 5.91 Å². The van der Waals surface area contributed by atoms with Crippen LogP contribution < -0.4 is 0 Å². The van der Waals surface area contributed by atoms with Gasteiger partial charge in [-0.25, -0.2) is 0 Å². The third kappa shape index (κ3) is 4.17. The smallest absolute Gasteiger partial charge is 0.263 e. The molecule has 0 N–H and O–H groups in total. The molecule has 3 heterocycles. The lowest BCUT2D eigenvalue weighted by atomic mass is 9.68. The van der Waals surface area contributed by atoms with Crippen LogP contribution in [0.4, 0.5) is 0 Å². The number of carbonyl (C=O) groups excluding carboxylic acids is 1. The molecule has 4 nitrogen and oxygen atoms in total. The highest BCUT2D eigenvalue weighted by atomic mass is 32.1. The third-order valence-electron chi connectivity index (χ3n) is 6.36. The van der Waals surface area contributed by atoms with Gasteiger partial charge in [0.15, 0.2) is 0 Å². The molecule has 2 saturated heterocycles. The van der Waals surface area contributed by atoms with Crippen molar-refractivity contribution < 1.29 is 9.53 Å². The molecule has 28 heavy (non-hydrogen) atoms. The van der Waals surface area contributed by atoms with Gasteiger partial charge in [-0.05, 0) is 55.3 Å². The summed E-state index contributed by atoms with van der Waals surface area (Å²) < 4.78 is 5.18. The van der Waals surface area contributed by atoms with Crippen LogP contribution in [0.2, 0.25) is 0 Å². The van der Waals surface area contributed by atoms with E-state index in [4.69, 9.17) is 4.74 Å². The van der Waals surface area contributed by atoms with Crippen LogP contribution in [0.3, 0.4) is 0 Å². The predicted octanol–water partition coefficient (Wildman–Crippen LogP) is 4.24. The zero-order valence-corrected chi connectivity index (χ0v) is 17.7. The normalized spacial score (nSPS) is 22.5. The van der Waals surface area contributed by atoms with E-state index < -0.39 is 0 Å². The van der Waals surface area contributed by atoms with Crippen LogP contribution in [0, 0.1) is 5.41 Å². The first kappa shape index (κ1) is 19.6. The maximum Gasteiger partial charge on any atom is 0.263 e. The number of carbonyl (C=O) groups is 1. The standard InChI is InChI=1S/C23H30N2O2S/c1-24-15-19(18-6-4-3-5-7-18)14-23(17-24)10-12-25(13-11-23)22(26)21-9-8-20(28-21)16-27-2/h3-9,19H,10-17H2,1-2H3/t19-/m0/s1. The van der Waals surface area contributed by atoms with Crippen LogP contribution in [0.15, 0.2) is 42.5 Å². The van der Waals surface area contributed by atoms with E-state index in [9.17, 15) is 4.79 Å². The number of ether oxygens (including phenoxy) is 1. The average molecular weight is 399 g/mol. The summed E-state index contributed by atoms with van der Waals surface area (Å²) in [5, 5.41) is 0. The number of nitrogens with zero attached hydrogens (tertiary/aromatic N) is 2. The number of methoxy groups -OCH3 is 1. The van der Waals surface area contributed by atoms with E-state index in [1.807, 2.05) is 12.1 Å². The first-order valence-corrected chi connectivity index (χ1v) is 11.0. The molecular formula is C23H30N2O2S. The molecule has 1 atom stereocenters. The van der Waals surface area contributed by atoms with Gasteiger partial charge >= 0.3 is 0 Å². The number of amides is 1. The first-order valence-electron chi connectivity index (χ1n) is 10.2. The number of rotatable bonds is 4. The van der Waals surface area contributed by atoms with Crippen molar-refractivity contribution in [1.82, 2.24) is 9.80 Å². The van der Waals surface area contributed by atoms with Crippen LogP contribution >= 0.6 is 11.3 Å². The van der Waals surface area contributed by atoms with Gasteiger partial charge in [-0.15, -0.1) is 11.3 Å². The maximum absolute atomic E-state index is 12.9. The first-order chi connectivity index (χ1) is 13.6. The minimum atomic E-state index is 0.186. The lowest BCUT2D eigenvalue weighted by molar-refractivity contribution is 0.0226. The zero-order chi connectivity index (χ0) is 19.6. The second-order valence-corrected chi connectivity index (χ2v) is 9.67. The molecular weight excluding hydrogens is 368 g/mol. The van der Waals surface area contributed by atoms with Crippen molar-refractivity contribution in [3.8, 4) is 0 Å². The van der Waals surface area contributed by atoms with Crippen molar-refractivity contribution in [2.24, 2.45) is 5.41 Å². The highest BCUT2D eigenvalue weighted by Crippen LogP contribution is 2.44. The van der Waals surface area contributed by atoms with Gasteiger partial charge in [0.2, 0.25) is 0 Å². The number of likely N-dealkylation sites (tertiary alicyclic amines) is 2. The van der Waals surface area contributed by atoms with Crippen LogP contribution in [0.5, 0.6) is 0 Å². The van der Waals surface area contributed by atoms with Gasteiger partial charge < -0.3 is 14.5 Å². The van der Waals surface area contributed by atoms with Gasteiger partial charge in [-0.2, -0.15) is 0 Å². The highest BCUT2D eigenvalue weighted by Gasteiger charge is 2.42. The van der Waals surface area contributed by atoms with Crippen LogP contribution in [-0.2, 0) is 11.3 Å². The van der Waals surface area contributed by atoms with E-state index in [2.05, 4.69) is 47.2 Å². The molecule has 2 aliphatic heterocycles. The monoisotopic (exact) mass is 398 g/mol. The maximum atomic E-state index is 12.9. The molecule has 1 spiro atoms. The molecule has 5 heteroatoms. The van der Waals surface area contributed by atoms with Crippen molar-refractivity contribution in [1.29, 1.82) is 0 Å². The summed E-state index contributed by atoms with van der Waals surface area (Å²) in [5.41, 5.74) is 1.79. The number of benzene rings is 1. The number of thiophene rings is 1. The average Bonchev–Trinajstić information content (AvgIpc) is 3.17. The van der Waals surface area contributed by atoms with Crippen LogP contribution in [0.1, 0.15) is 45.3 Å². The molecule has 2 aliphatic rings. The summed E-state index contributed by atoms with van der Waals surface area (Å²) in [5.74, 6) is 0.780. The Bertz CT molecular complexity index is 796. The Hall–Kier alpha value is -1.69. The SMILES string of the molecule is COCc1ccc(C(=O)N2CCC3(CC2)C[C@H](c2ccccc2)CN(C)C3)s1. The number of hydrogen-bond acceptors (Lipinski definition) is 4. The molecule has 0 unspecified atom stereocenters. The quantitative estimate of drug-likeness (QED) is 0.772. The second-order valence-electron chi connectivity index (χ2n) is 8.50. The van der Waals surface area contributed by atoms with E-state index in [1.165, 1.54) is 12.0 Å². The molecule has 4 rings (SSSR count). The fraction of sp³-hybridized carbons (Fsp3) is 0.522. The van der Waals surface area contributed by atoms with Crippen molar-refractivity contribution in [3.63, 3.8) is 0 Å². The second kappa shape index (κ2) is 8.36. The molecule has 0 saturated carbocycles. The van der Waals surface area contributed by atoms with Crippen LogP contribution in [-0.4, -0.2) is 56.0 Å². The Kier molecular flexibility index (Phi) is 5.85. The summed E-state index contributed by atoms with van der Waals surface area (Å²) in [6.45, 7) is 4.59. The fourth-order valence-electron chi connectivity index (χ4n) is 5.03. The lowest BCUT2D eigenvalue weighted by Crippen LogP contribution is -2.51. The Balaban J connectivity index is 1.41. The topological polar surface area (TPSA) is 32.8 Å². The van der Waals surface area contributed by atoms with E-state index in [1.54, 1.807) is 18.4 Å². The van der Waals surface area contributed by atoms with E-state index >= 15 is 0 Å².